The lowest BCUT2D eigenvalue weighted by molar-refractivity contribution is -0.166. The summed E-state index contributed by atoms with van der Waals surface area (Å²) >= 11 is 0. The highest BCUT2D eigenvalue weighted by molar-refractivity contribution is 5.94. The van der Waals surface area contributed by atoms with Crippen LogP contribution in [0.1, 0.15) is 30.9 Å². The van der Waals surface area contributed by atoms with E-state index < -0.39 is 30.0 Å². The van der Waals surface area contributed by atoms with Gasteiger partial charge in [0.25, 0.3) is 0 Å². The first-order valence-electron chi connectivity index (χ1n) is 9.83. The number of allylic oxidation sites excluding steroid dienone is 1. The number of carbonyl (C=O) groups excluding carboxylic acids is 2. The van der Waals surface area contributed by atoms with Crippen LogP contribution in [0, 0.1) is 23.7 Å². The average Bonchev–Trinajstić information content (AvgIpc) is 3.23. The number of carbonyl (C=O) groups is 2. The molecule has 1 saturated carbocycles. The monoisotopic (exact) mass is 406 g/mol. The molecule has 0 radical (unpaired) electrons. The van der Waals surface area contributed by atoms with Crippen LogP contribution in [0.3, 0.4) is 0 Å². The van der Waals surface area contributed by atoms with Gasteiger partial charge in [-0.1, -0.05) is 0 Å². The van der Waals surface area contributed by atoms with Crippen LogP contribution in [0.2, 0.25) is 0 Å². The van der Waals surface area contributed by atoms with Crippen LogP contribution in [-0.2, 0) is 28.5 Å². The highest BCUT2D eigenvalue weighted by atomic mass is 16.7. The Balaban J connectivity index is 1.69. The second-order valence-electron chi connectivity index (χ2n) is 7.96. The van der Waals surface area contributed by atoms with Crippen LogP contribution in [0.4, 0.5) is 0 Å². The van der Waals surface area contributed by atoms with Crippen LogP contribution in [0.25, 0.3) is 0 Å². The molecule has 2 heterocycles. The summed E-state index contributed by atoms with van der Waals surface area (Å²) in [5, 5.41) is 10.7. The van der Waals surface area contributed by atoms with Gasteiger partial charge in [0.15, 0.2) is 5.78 Å². The van der Waals surface area contributed by atoms with Gasteiger partial charge in [-0.3, -0.25) is 4.79 Å². The molecule has 0 amide bonds. The van der Waals surface area contributed by atoms with E-state index in [-0.39, 0.29) is 42.2 Å². The Bertz CT molecular complexity index is 783. The fraction of sp³-hybridized carbons (Fsp3) is 0.619. The fourth-order valence-corrected chi connectivity index (χ4v) is 5.18. The Kier molecular flexibility index (Phi) is 5.76. The summed E-state index contributed by atoms with van der Waals surface area (Å²) in [6.45, 7) is 0.470. The van der Waals surface area contributed by atoms with Gasteiger partial charge in [0.2, 0.25) is 0 Å². The van der Waals surface area contributed by atoms with Gasteiger partial charge in [0.05, 0.1) is 18.1 Å². The van der Waals surface area contributed by atoms with E-state index in [0.717, 1.165) is 5.56 Å². The summed E-state index contributed by atoms with van der Waals surface area (Å²) < 4.78 is 26.7. The molecule has 0 spiro atoms. The number of aliphatic hydroxyl groups is 1. The number of rotatable bonds is 6. The third-order valence-corrected chi connectivity index (χ3v) is 6.39. The number of Topliss-reactive ketones (excluding diaryl/α,β-unsaturated/α-hetero) is 1. The lowest BCUT2D eigenvalue weighted by Crippen LogP contribution is -2.53. The summed E-state index contributed by atoms with van der Waals surface area (Å²) in [5.74, 6) is -1.56. The van der Waals surface area contributed by atoms with Gasteiger partial charge >= 0.3 is 5.97 Å². The highest BCUT2D eigenvalue weighted by Crippen LogP contribution is 2.52. The van der Waals surface area contributed by atoms with Crippen molar-refractivity contribution >= 4 is 11.8 Å². The fourth-order valence-electron chi connectivity index (χ4n) is 5.18. The molecule has 8 heteroatoms. The van der Waals surface area contributed by atoms with Crippen molar-refractivity contribution in [3.8, 4) is 0 Å². The zero-order valence-electron chi connectivity index (χ0n) is 16.5. The number of fused-ring (bicyclic) bond motifs is 3. The number of furan rings is 1. The third kappa shape index (κ3) is 3.60. The molecule has 2 fully saturated rings. The molecule has 1 N–H and O–H groups in total. The van der Waals surface area contributed by atoms with Crippen LogP contribution in [0.5, 0.6) is 0 Å². The molecule has 8 nitrogen and oxygen atoms in total. The normalized spacial score (nSPS) is 34.6. The van der Waals surface area contributed by atoms with E-state index >= 15 is 0 Å². The van der Waals surface area contributed by atoms with Crippen molar-refractivity contribution in [2.24, 2.45) is 23.7 Å². The van der Waals surface area contributed by atoms with E-state index in [1.807, 2.05) is 0 Å². The molecule has 2 aliphatic carbocycles. The molecule has 0 aromatic carbocycles. The van der Waals surface area contributed by atoms with Gasteiger partial charge in [-0.25, -0.2) is 4.79 Å². The lowest BCUT2D eigenvalue weighted by atomic mass is 9.58. The first kappa shape index (κ1) is 20.1. The van der Waals surface area contributed by atoms with Crippen molar-refractivity contribution in [1.29, 1.82) is 0 Å². The molecule has 1 saturated heterocycles. The van der Waals surface area contributed by atoms with E-state index in [2.05, 4.69) is 0 Å². The Morgan fingerprint density at radius 3 is 2.72 bits per heavy atom. The number of hydrogen-bond donors (Lipinski definition) is 1. The minimum absolute atomic E-state index is 0.0196. The molecule has 0 unspecified atom stereocenters. The largest absolute Gasteiger partial charge is 0.512 e. The SMILES string of the molecule is COCO[C@H]1C[C@@H](COC)[C@@H]2CC(O)=C3C(=O)O[C@H](c4ccoc4)C[C@@H]3[C@H]2C1=O. The van der Waals surface area contributed by atoms with Gasteiger partial charge in [-0.05, 0) is 30.7 Å². The summed E-state index contributed by atoms with van der Waals surface area (Å²) in [4.78, 5) is 26.1. The zero-order valence-corrected chi connectivity index (χ0v) is 16.5. The van der Waals surface area contributed by atoms with E-state index in [4.69, 9.17) is 23.4 Å². The molecule has 4 rings (SSSR count). The Morgan fingerprint density at radius 2 is 2.03 bits per heavy atom. The maximum Gasteiger partial charge on any atom is 0.338 e. The molecule has 29 heavy (non-hydrogen) atoms. The summed E-state index contributed by atoms with van der Waals surface area (Å²) in [5.41, 5.74) is 0.964. The number of cyclic esters (lactones) is 1. The van der Waals surface area contributed by atoms with E-state index in [1.165, 1.54) is 19.6 Å². The van der Waals surface area contributed by atoms with Gasteiger partial charge in [0, 0.05) is 44.6 Å². The van der Waals surface area contributed by atoms with Crippen molar-refractivity contribution in [3.63, 3.8) is 0 Å². The van der Waals surface area contributed by atoms with E-state index in [9.17, 15) is 14.7 Å². The summed E-state index contributed by atoms with van der Waals surface area (Å²) in [6.07, 6.45) is 3.09. The maximum absolute atomic E-state index is 13.4. The van der Waals surface area contributed by atoms with Gasteiger partial charge in [-0.2, -0.15) is 0 Å². The molecule has 3 aliphatic rings. The minimum Gasteiger partial charge on any atom is -0.512 e. The number of methoxy groups -OCH3 is 2. The summed E-state index contributed by atoms with van der Waals surface area (Å²) in [7, 11) is 3.13. The lowest BCUT2D eigenvalue weighted by Gasteiger charge is -2.48. The minimum atomic E-state index is -0.622. The standard InChI is InChI=1S/C21H26O8/c1-25-8-12-5-17(28-10-26-2)20(23)18-13(12)6-15(22)19-14(18)7-16(29-21(19)24)11-3-4-27-9-11/h3-4,9,12-14,16-18,22H,5-8,10H2,1-2H3/t12-,13-,14+,16-,17-,18-/m0/s1. The second kappa shape index (κ2) is 8.30. The molecular formula is C21H26O8. The van der Waals surface area contributed by atoms with Crippen LogP contribution < -0.4 is 0 Å². The van der Waals surface area contributed by atoms with Crippen molar-refractivity contribution in [2.75, 3.05) is 27.6 Å². The maximum atomic E-state index is 13.4. The predicted molar refractivity (Wildman–Crippen MR) is 98.6 cm³/mol. The van der Waals surface area contributed by atoms with Crippen molar-refractivity contribution in [1.82, 2.24) is 0 Å². The molecule has 1 aromatic heterocycles. The first-order chi connectivity index (χ1) is 14.0. The van der Waals surface area contributed by atoms with Crippen LogP contribution >= 0.6 is 0 Å². The third-order valence-electron chi connectivity index (χ3n) is 6.39. The van der Waals surface area contributed by atoms with E-state index in [0.29, 0.717) is 19.4 Å². The van der Waals surface area contributed by atoms with Crippen molar-refractivity contribution in [3.05, 3.63) is 35.5 Å². The van der Waals surface area contributed by atoms with Gasteiger partial charge in [-0.15, -0.1) is 0 Å². The summed E-state index contributed by atoms with van der Waals surface area (Å²) in [6, 6.07) is 1.74. The topological polar surface area (TPSA) is 104 Å². The molecule has 1 aliphatic heterocycles. The Morgan fingerprint density at radius 1 is 1.21 bits per heavy atom. The van der Waals surface area contributed by atoms with Crippen molar-refractivity contribution in [2.45, 2.75) is 31.5 Å². The number of aliphatic hydroxyl groups excluding tert-OH is 1. The number of ether oxygens (including phenoxy) is 4. The molecule has 0 bridgehead atoms. The predicted octanol–water partition coefficient (Wildman–Crippen LogP) is 2.56. The number of hydrogen-bond acceptors (Lipinski definition) is 8. The van der Waals surface area contributed by atoms with Crippen LogP contribution in [0.15, 0.2) is 34.3 Å². The van der Waals surface area contributed by atoms with Crippen molar-refractivity contribution < 1.29 is 38.1 Å². The number of esters is 1. The quantitative estimate of drug-likeness (QED) is 0.568. The Labute approximate surface area is 168 Å². The van der Waals surface area contributed by atoms with Gasteiger partial charge in [0.1, 0.15) is 24.8 Å². The molecular weight excluding hydrogens is 380 g/mol. The first-order valence-corrected chi connectivity index (χ1v) is 9.83. The Hall–Kier alpha value is -2.16. The molecule has 158 valence electrons. The molecule has 6 atom stereocenters. The average molecular weight is 406 g/mol. The highest BCUT2D eigenvalue weighted by Gasteiger charge is 2.55. The second-order valence-corrected chi connectivity index (χ2v) is 7.96. The van der Waals surface area contributed by atoms with Gasteiger partial charge < -0.3 is 28.5 Å². The zero-order chi connectivity index (χ0) is 20.5. The van der Waals surface area contributed by atoms with E-state index in [1.54, 1.807) is 13.2 Å². The van der Waals surface area contributed by atoms with Crippen LogP contribution in [-0.4, -0.2) is 50.6 Å². The smallest absolute Gasteiger partial charge is 0.338 e. The number of ketones is 1. The molecule has 1 aromatic rings.